The molecule has 2 aromatic rings. The molecule has 0 saturated carbocycles. The Morgan fingerprint density at radius 3 is 2.12 bits per heavy atom. The first-order valence-electron chi connectivity index (χ1n) is 7.60. The van der Waals surface area contributed by atoms with Gasteiger partial charge >= 0.3 is 6.03 Å². The minimum absolute atomic E-state index is 0.156. The average molecular weight is 332 g/mol. The Morgan fingerprint density at radius 2 is 1.62 bits per heavy atom. The van der Waals surface area contributed by atoms with E-state index in [-0.39, 0.29) is 18.5 Å². The lowest BCUT2D eigenvalue weighted by Crippen LogP contribution is -2.43. The summed E-state index contributed by atoms with van der Waals surface area (Å²) >= 11 is 0. The SMILES string of the molecule is COc1ccc(C(NC(=O)NC(C)CO)c2ccc(F)cc2)cc1. The molecule has 0 heterocycles. The maximum Gasteiger partial charge on any atom is 0.315 e. The van der Waals surface area contributed by atoms with Crippen LogP contribution in [0.2, 0.25) is 0 Å². The standard InChI is InChI=1S/C18H21FN2O3/c1-12(11-22)20-18(23)21-17(13-3-7-15(19)8-4-13)14-5-9-16(24-2)10-6-14/h3-10,12,17,22H,11H2,1-2H3,(H2,20,21,23). The summed E-state index contributed by atoms with van der Waals surface area (Å²) in [6.07, 6.45) is 0. The van der Waals surface area contributed by atoms with Crippen LogP contribution in [0.15, 0.2) is 48.5 Å². The molecule has 2 rings (SSSR count). The quantitative estimate of drug-likeness (QED) is 0.761. The molecule has 0 radical (unpaired) electrons. The molecular weight excluding hydrogens is 311 g/mol. The van der Waals surface area contributed by atoms with Crippen molar-refractivity contribution in [3.8, 4) is 5.75 Å². The van der Waals surface area contributed by atoms with Gasteiger partial charge < -0.3 is 20.5 Å². The van der Waals surface area contributed by atoms with Gasteiger partial charge in [0.25, 0.3) is 0 Å². The van der Waals surface area contributed by atoms with E-state index in [1.807, 2.05) is 12.1 Å². The van der Waals surface area contributed by atoms with Gasteiger partial charge in [-0.15, -0.1) is 0 Å². The van der Waals surface area contributed by atoms with E-state index in [1.165, 1.54) is 12.1 Å². The predicted molar refractivity (Wildman–Crippen MR) is 89.5 cm³/mol. The van der Waals surface area contributed by atoms with Crippen LogP contribution in [0.5, 0.6) is 5.75 Å². The molecule has 0 aliphatic heterocycles. The molecule has 2 unspecified atom stereocenters. The van der Waals surface area contributed by atoms with Crippen molar-refractivity contribution in [2.45, 2.75) is 19.0 Å². The summed E-state index contributed by atoms with van der Waals surface area (Å²) in [6, 6.07) is 12.0. The molecule has 2 atom stereocenters. The Kier molecular flexibility index (Phi) is 6.14. The summed E-state index contributed by atoms with van der Waals surface area (Å²) in [5.74, 6) is 0.362. The van der Waals surface area contributed by atoms with Gasteiger partial charge in [-0.1, -0.05) is 24.3 Å². The number of methoxy groups -OCH3 is 1. The number of hydrogen-bond donors (Lipinski definition) is 3. The number of hydrogen-bond acceptors (Lipinski definition) is 3. The fourth-order valence-corrected chi connectivity index (χ4v) is 2.25. The van der Waals surface area contributed by atoms with E-state index in [1.54, 1.807) is 38.3 Å². The van der Waals surface area contributed by atoms with Crippen LogP contribution in [0.1, 0.15) is 24.1 Å². The first-order chi connectivity index (χ1) is 11.5. The molecule has 6 heteroatoms. The van der Waals surface area contributed by atoms with Crippen molar-refractivity contribution in [2.75, 3.05) is 13.7 Å². The zero-order chi connectivity index (χ0) is 17.5. The fourth-order valence-electron chi connectivity index (χ4n) is 2.25. The Bertz CT molecular complexity index is 659. The summed E-state index contributed by atoms with van der Waals surface area (Å²) in [7, 11) is 1.58. The second-order valence-corrected chi connectivity index (χ2v) is 5.46. The maximum absolute atomic E-state index is 13.2. The van der Waals surface area contributed by atoms with Crippen LogP contribution in [0.25, 0.3) is 0 Å². The maximum atomic E-state index is 13.2. The number of aliphatic hydroxyl groups is 1. The summed E-state index contributed by atoms with van der Waals surface area (Å²) < 4.78 is 18.3. The molecule has 0 fully saturated rings. The van der Waals surface area contributed by atoms with Crippen molar-refractivity contribution in [1.82, 2.24) is 10.6 Å². The molecular formula is C18H21FN2O3. The van der Waals surface area contributed by atoms with Gasteiger partial charge in [-0.05, 0) is 42.3 Å². The van der Waals surface area contributed by atoms with Crippen LogP contribution in [0.3, 0.4) is 0 Å². The van der Waals surface area contributed by atoms with Gasteiger partial charge in [0.2, 0.25) is 0 Å². The zero-order valence-electron chi connectivity index (χ0n) is 13.6. The molecule has 0 aromatic heterocycles. The van der Waals surface area contributed by atoms with Crippen LogP contribution >= 0.6 is 0 Å². The highest BCUT2D eigenvalue weighted by Gasteiger charge is 2.18. The predicted octanol–water partition coefficient (Wildman–Crippen LogP) is 2.60. The largest absolute Gasteiger partial charge is 0.497 e. The van der Waals surface area contributed by atoms with Gasteiger partial charge in [-0.3, -0.25) is 0 Å². The Morgan fingerprint density at radius 1 is 1.08 bits per heavy atom. The van der Waals surface area contributed by atoms with Crippen LogP contribution in [0.4, 0.5) is 9.18 Å². The van der Waals surface area contributed by atoms with Gasteiger partial charge in [-0.2, -0.15) is 0 Å². The summed E-state index contributed by atoms with van der Waals surface area (Å²) in [5, 5.41) is 14.5. The normalized spacial score (nSPS) is 13.0. The molecule has 0 spiro atoms. The second-order valence-electron chi connectivity index (χ2n) is 5.46. The summed E-state index contributed by atoms with van der Waals surface area (Å²) in [5.41, 5.74) is 1.57. The van der Waals surface area contributed by atoms with E-state index in [0.717, 1.165) is 11.1 Å². The molecule has 24 heavy (non-hydrogen) atoms. The third-order valence-corrected chi connectivity index (χ3v) is 3.58. The third-order valence-electron chi connectivity index (χ3n) is 3.58. The number of carbonyl (C=O) groups is 1. The lowest BCUT2D eigenvalue weighted by Gasteiger charge is -2.21. The van der Waals surface area contributed by atoms with E-state index in [2.05, 4.69) is 10.6 Å². The van der Waals surface area contributed by atoms with E-state index < -0.39 is 12.1 Å². The highest BCUT2D eigenvalue weighted by atomic mass is 19.1. The van der Waals surface area contributed by atoms with Gasteiger partial charge in [0.05, 0.1) is 25.8 Å². The molecule has 2 amide bonds. The van der Waals surface area contributed by atoms with Crippen molar-refractivity contribution in [3.63, 3.8) is 0 Å². The van der Waals surface area contributed by atoms with E-state index in [9.17, 15) is 9.18 Å². The second kappa shape index (κ2) is 8.31. The van der Waals surface area contributed by atoms with Gasteiger partial charge in [0.1, 0.15) is 11.6 Å². The fraction of sp³-hybridized carbons (Fsp3) is 0.278. The minimum Gasteiger partial charge on any atom is -0.497 e. The van der Waals surface area contributed by atoms with Crippen molar-refractivity contribution >= 4 is 6.03 Å². The summed E-state index contributed by atoms with van der Waals surface area (Å²) in [6.45, 7) is 1.54. The lowest BCUT2D eigenvalue weighted by atomic mass is 9.98. The van der Waals surface area contributed by atoms with Crippen molar-refractivity contribution < 1.29 is 19.0 Å². The van der Waals surface area contributed by atoms with E-state index in [0.29, 0.717) is 5.75 Å². The molecule has 128 valence electrons. The number of aliphatic hydroxyl groups excluding tert-OH is 1. The molecule has 0 bridgehead atoms. The third kappa shape index (κ3) is 4.70. The first-order valence-corrected chi connectivity index (χ1v) is 7.60. The van der Waals surface area contributed by atoms with Gasteiger partial charge in [0.15, 0.2) is 0 Å². The number of urea groups is 1. The monoisotopic (exact) mass is 332 g/mol. The molecule has 0 saturated heterocycles. The van der Waals surface area contributed by atoms with Gasteiger partial charge in [-0.25, -0.2) is 9.18 Å². The van der Waals surface area contributed by atoms with Crippen LogP contribution in [-0.4, -0.2) is 30.9 Å². The average Bonchev–Trinajstić information content (AvgIpc) is 2.60. The Labute approximate surface area is 140 Å². The highest BCUT2D eigenvalue weighted by Crippen LogP contribution is 2.24. The molecule has 5 nitrogen and oxygen atoms in total. The molecule has 0 aliphatic carbocycles. The topological polar surface area (TPSA) is 70.6 Å². The van der Waals surface area contributed by atoms with Crippen molar-refractivity contribution in [2.24, 2.45) is 0 Å². The Balaban J connectivity index is 2.26. The number of nitrogens with one attached hydrogen (secondary N) is 2. The number of benzene rings is 2. The van der Waals surface area contributed by atoms with E-state index >= 15 is 0 Å². The van der Waals surface area contributed by atoms with Crippen LogP contribution < -0.4 is 15.4 Å². The molecule has 0 aliphatic rings. The summed E-state index contributed by atoms with van der Waals surface area (Å²) in [4.78, 5) is 12.1. The zero-order valence-corrected chi connectivity index (χ0v) is 13.6. The smallest absolute Gasteiger partial charge is 0.315 e. The minimum atomic E-state index is -0.456. The number of halogens is 1. The van der Waals surface area contributed by atoms with Crippen LogP contribution in [-0.2, 0) is 0 Å². The lowest BCUT2D eigenvalue weighted by molar-refractivity contribution is 0.219. The number of carbonyl (C=O) groups excluding carboxylic acids is 1. The van der Waals surface area contributed by atoms with Crippen molar-refractivity contribution in [1.29, 1.82) is 0 Å². The molecule has 2 aromatic carbocycles. The first kappa shape index (κ1) is 17.7. The van der Waals surface area contributed by atoms with Crippen LogP contribution in [0, 0.1) is 5.82 Å². The molecule has 3 N–H and O–H groups in total. The Hall–Kier alpha value is -2.60. The van der Waals surface area contributed by atoms with Crippen molar-refractivity contribution in [3.05, 3.63) is 65.5 Å². The number of rotatable bonds is 6. The number of amides is 2. The van der Waals surface area contributed by atoms with E-state index in [4.69, 9.17) is 9.84 Å². The highest BCUT2D eigenvalue weighted by molar-refractivity contribution is 5.75. The number of ether oxygens (including phenoxy) is 1. The van der Waals surface area contributed by atoms with Gasteiger partial charge in [0, 0.05) is 0 Å².